The Kier molecular flexibility index (Phi) is 4.94. The van der Waals surface area contributed by atoms with E-state index in [-0.39, 0.29) is 22.8 Å². The minimum absolute atomic E-state index is 0.0823. The molecule has 0 spiro atoms. The maximum Gasteiger partial charge on any atom is 0.315 e. The SMILES string of the molecule is COC(=O)CSC(C)C(C)=O. The standard InChI is InChI=1S/C7H12O3S/c1-5(8)6(2)11-4-7(9)10-3/h6H,4H2,1-3H3. The molecule has 1 atom stereocenters. The number of hydrogen-bond acceptors (Lipinski definition) is 4. The first kappa shape index (κ1) is 10.5. The van der Waals surface area contributed by atoms with E-state index in [1.54, 1.807) is 6.92 Å². The lowest BCUT2D eigenvalue weighted by molar-refractivity contribution is -0.137. The van der Waals surface area contributed by atoms with Crippen LogP contribution in [-0.4, -0.2) is 29.9 Å². The molecule has 3 nitrogen and oxygen atoms in total. The van der Waals surface area contributed by atoms with E-state index in [0.29, 0.717) is 0 Å². The lowest BCUT2D eigenvalue weighted by atomic mass is 10.3. The van der Waals surface area contributed by atoms with Crippen LogP contribution in [-0.2, 0) is 14.3 Å². The number of Topliss-reactive ketones (excluding diaryl/α,β-unsaturated/α-hetero) is 1. The van der Waals surface area contributed by atoms with Crippen LogP contribution in [0.4, 0.5) is 0 Å². The van der Waals surface area contributed by atoms with Crippen LogP contribution in [0.1, 0.15) is 13.8 Å². The van der Waals surface area contributed by atoms with Gasteiger partial charge in [0.15, 0.2) is 0 Å². The highest BCUT2D eigenvalue weighted by Gasteiger charge is 2.10. The van der Waals surface area contributed by atoms with Crippen LogP contribution >= 0.6 is 11.8 Å². The highest BCUT2D eigenvalue weighted by Crippen LogP contribution is 2.10. The molecule has 0 saturated carbocycles. The Morgan fingerprint density at radius 2 is 2.09 bits per heavy atom. The van der Waals surface area contributed by atoms with E-state index in [1.165, 1.54) is 25.8 Å². The number of esters is 1. The number of methoxy groups -OCH3 is 1. The molecule has 1 unspecified atom stereocenters. The Morgan fingerprint density at radius 3 is 2.45 bits per heavy atom. The van der Waals surface area contributed by atoms with Gasteiger partial charge in [-0.15, -0.1) is 11.8 Å². The summed E-state index contributed by atoms with van der Waals surface area (Å²) in [4.78, 5) is 21.3. The summed E-state index contributed by atoms with van der Waals surface area (Å²) in [6, 6.07) is 0. The first-order chi connectivity index (χ1) is 5.07. The second-order valence-electron chi connectivity index (χ2n) is 2.14. The Hall–Kier alpha value is -0.510. The fourth-order valence-electron chi connectivity index (χ4n) is 0.369. The molecule has 0 bridgehead atoms. The Morgan fingerprint density at radius 1 is 1.55 bits per heavy atom. The molecule has 0 aliphatic heterocycles. The maximum atomic E-state index is 10.7. The number of ketones is 1. The summed E-state index contributed by atoms with van der Waals surface area (Å²) in [5.74, 6) is 0.0408. The molecule has 64 valence electrons. The van der Waals surface area contributed by atoms with Gasteiger partial charge in [-0.3, -0.25) is 9.59 Å². The minimum atomic E-state index is -0.289. The number of hydrogen-bond donors (Lipinski definition) is 0. The quantitative estimate of drug-likeness (QED) is 0.596. The van der Waals surface area contributed by atoms with Crippen LogP contribution in [0.15, 0.2) is 0 Å². The minimum Gasteiger partial charge on any atom is -0.468 e. The lowest BCUT2D eigenvalue weighted by Gasteiger charge is -2.04. The number of carbonyl (C=O) groups is 2. The van der Waals surface area contributed by atoms with Crippen LogP contribution in [0.2, 0.25) is 0 Å². The normalized spacial score (nSPS) is 12.3. The fraction of sp³-hybridized carbons (Fsp3) is 0.714. The number of thioether (sulfide) groups is 1. The van der Waals surface area contributed by atoms with Crippen molar-refractivity contribution in [3.05, 3.63) is 0 Å². The van der Waals surface area contributed by atoms with Crippen molar-refractivity contribution in [3.63, 3.8) is 0 Å². The second-order valence-corrected chi connectivity index (χ2v) is 3.47. The molecule has 11 heavy (non-hydrogen) atoms. The van der Waals surface area contributed by atoms with Crippen molar-refractivity contribution in [2.24, 2.45) is 0 Å². The molecule has 0 aliphatic carbocycles. The number of ether oxygens (including phenoxy) is 1. The van der Waals surface area contributed by atoms with E-state index in [9.17, 15) is 9.59 Å². The average molecular weight is 176 g/mol. The molecule has 0 radical (unpaired) electrons. The summed E-state index contributed by atoms with van der Waals surface area (Å²) in [5.41, 5.74) is 0. The van der Waals surface area contributed by atoms with Crippen LogP contribution < -0.4 is 0 Å². The molecular formula is C7H12O3S. The Balaban J connectivity index is 3.54. The predicted octanol–water partition coefficient (Wildman–Crippen LogP) is 0.870. The summed E-state index contributed by atoms with van der Waals surface area (Å²) < 4.78 is 4.41. The molecule has 0 aromatic rings. The van der Waals surface area contributed by atoms with Crippen LogP contribution in [0.25, 0.3) is 0 Å². The topological polar surface area (TPSA) is 43.4 Å². The fourth-order valence-corrected chi connectivity index (χ4v) is 1.11. The van der Waals surface area contributed by atoms with E-state index < -0.39 is 0 Å². The van der Waals surface area contributed by atoms with Crippen LogP contribution in [0, 0.1) is 0 Å². The third kappa shape index (κ3) is 4.84. The van der Waals surface area contributed by atoms with Crippen molar-refractivity contribution in [1.82, 2.24) is 0 Å². The van der Waals surface area contributed by atoms with Gasteiger partial charge in [0.25, 0.3) is 0 Å². The second kappa shape index (κ2) is 5.18. The highest BCUT2D eigenvalue weighted by atomic mass is 32.2. The van der Waals surface area contributed by atoms with Gasteiger partial charge in [0.05, 0.1) is 18.1 Å². The smallest absolute Gasteiger partial charge is 0.315 e. The molecule has 0 aromatic carbocycles. The van der Waals surface area contributed by atoms with Gasteiger partial charge in [-0.05, 0) is 13.8 Å². The van der Waals surface area contributed by atoms with Crippen molar-refractivity contribution in [1.29, 1.82) is 0 Å². The molecule has 0 amide bonds. The van der Waals surface area contributed by atoms with E-state index in [4.69, 9.17) is 0 Å². The van der Waals surface area contributed by atoms with Crippen molar-refractivity contribution >= 4 is 23.5 Å². The summed E-state index contributed by atoms with van der Waals surface area (Å²) in [6.45, 7) is 3.28. The molecule has 0 rings (SSSR count). The molecule has 0 aliphatic rings. The van der Waals surface area contributed by atoms with E-state index in [0.717, 1.165) is 0 Å². The summed E-state index contributed by atoms with van der Waals surface area (Å²) in [7, 11) is 1.33. The average Bonchev–Trinajstić information content (AvgIpc) is 1.99. The van der Waals surface area contributed by atoms with E-state index in [2.05, 4.69) is 4.74 Å². The molecule has 4 heteroatoms. The molecule has 0 aromatic heterocycles. The molecule has 0 saturated heterocycles. The maximum absolute atomic E-state index is 10.7. The predicted molar refractivity (Wildman–Crippen MR) is 44.6 cm³/mol. The molecule has 0 heterocycles. The first-order valence-electron chi connectivity index (χ1n) is 3.26. The molecule has 0 fully saturated rings. The van der Waals surface area contributed by atoms with Gasteiger partial charge < -0.3 is 4.74 Å². The monoisotopic (exact) mass is 176 g/mol. The third-order valence-electron chi connectivity index (χ3n) is 1.25. The van der Waals surface area contributed by atoms with Gasteiger partial charge in [-0.1, -0.05) is 0 Å². The van der Waals surface area contributed by atoms with Crippen molar-refractivity contribution in [3.8, 4) is 0 Å². The van der Waals surface area contributed by atoms with Gasteiger partial charge in [0, 0.05) is 0 Å². The zero-order valence-corrected chi connectivity index (χ0v) is 7.73. The van der Waals surface area contributed by atoms with Gasteiger partial charge in [0.2, 0.25) is 0 Å². The largest absolute Gasteiger partial charge is 0.468 e. The Bertz CT molecular complexity index is 156. The van der Waals surface area contributed by atoms with Gasteiger partial charge in [0.1, 0.15) is 5.78 Å². The van der Waals surface area contributed by atoms with E-state index in [1.807, 2.05) is 0 Å². The highest BCUT2D eigenvalue weighted by molar-refractivity contribution is 8.01. The Labute approximate surface area is 70.5 Å². The summed E-state index contributed by atoms with van der Waals surface area (Å²) in [5, 5.41) is -0.117. The third-order valence-corrected chi connectivity index (χ3v) is 2.49. The molecule has 0 N–H and O–H groups in total. The summed E-state index contributed by atoms with van der Waals surface area (Å²) >= 11 is 1.29. The van der Waals surface area contributed by atoms with Gasteiger partial charge in [-0.2, -0.15) is 0 Å². The lowest BCUT2D eigenvalue weighted by Crippen LogP contribution is -2.13. The van der Waals surface area contributed by atoms with Gasteiger partial charge >= 0.3 is 5.97 Å². The summed E-state index contributed by atoms with van der Waals surface area (Å²) in [6.07, 6.45) is 0. The molecular weight excluding hydrogens is 164 g/mol. The number of carbonyl (C=O) groups excluding carboxylic acids is 2. The zero-order valence-electron chi connectivity index (χ0n) is 6.92. The zero-order chi connectivity index (χ0) is 8.85. The van der Waals surface area contributed by atoms with Crippen LogP contribution in [0.5, 0.6) is 0 Å². The van der Waals surface area contributed by atoms with Crippen LogP contribution in [0.3, 0.4) is 0 Å². The van der Waals surface area contributed by atoms with Gasteiger partial charge in [-0.25, -0.2) is 0 Å². The van der Waals surface area contributed by atoms with Crippen molar-refractivity contribution < 1.29 is 14.3 Å². The first-order valence-corrected chi connectivity index (χ1v) is 4.31. The van der Waals surface area contributed by atoms with Crippen molar-refractivity contribution in [2.45, 2.75) is 19.1 Å². The van der Waals surface area contributed by atoms with E-state index >= 15 is 0 Å². The van der Waals surface area contributed by atoms with Crippen molar-refractivity contribution in [2.75, 3.05) is 12.9 Å². The number of rotatable bonds is 4.